The molecular weight excluding hydrogens is 278 g/mol. The van der Waals surface area contributed by atoms with Gasteiger partial charge in [-0.15, -0.1) is 0 Å². The van der Waals surface area contributed by atoms with Gasteiger partial charge in [-0.1, -0.05) is 11.6 Å². The second-order valence-electron chi connectivity index (χ2n) is 3.67. The average molecular weight is 287 g/mol. The second-order valence-corrected chi connectivity index (χ2v) is 4.08. The Morgan fingerprint density at radius 1 is 1.37 bits per heavy atom. The van der Waals surface area contributed by atoms with Gasteiger partial charge in [0.25, 0.3) is 5.91 Å². The molecule has 0 aliphatic heterocycles. The zero-order valence-electron chi connectivity index (χ0n) is 9.54. The van der Waals surface area contributed by atoms with Crippen molar-refractivity contribution in [3.8, 4) is 0 Å². The highest BCUT2D eigenvalue weighted by Gasteiger charge is 2.16. The number of benzene rings is 1. The monoisotopic (exact) mass is 286 g/mol. The zero-order valence-corrected chi connectivity index (χ0v) is 10.3. The Morgan fingerprint density at radius 3 is 2.68 bits per heavy atom. The number of halogens is 3. The fourth-order valence-corrected chi connectivity index (χ4v) is 1.69. The number of anilines is 1. The number of amides is 1. The van der Waals surface area contributed by atoms with Gasteiger partial charge in [0.1, 0.15) is 11.6 Å². The quantitative estimate of drug-likeness (QED) is 0.911. The Balaban J connectivity index is 2.24. The van der Waals surface area contributed by atoms with E-state index in [1.54, 1.807) is 0 Å². The van der Waals surface area contributed by atoms with Crippen LogP contribution in [-0.2, 0) is 6.54 Å². The topological polar surface area (TPSA) is 68.3 Å². The molecule has 4 nitrogen and oxygen atoms in total. The first kappa shape index (κ1) is 13.5. The van der Waals surface area contributed by atoms with E-state index < -0.39 is 17.5 Å². The summed E-state index contributed by atoms with van der Waals surface area (Å²) in [6.07, 6.45) is 0. The fraction of sp³-hybridized carbons (Fsp3) is 0.0833. The van der Waals surface area contributed by atoms with Crippen molar-refractivity contribution in [1.29, 1.82) is 0 Å². The fourth-order valence-electron chi connectivity index (χ4n) is 1.45. The van der Waals surface area contributed by atoms with E-state index in [-0.39, 0.29) is 23.0 Å². The summed E-state index contributed by atoms with van der Waals surface area (Å²) in [4.78, 5) is 11.8. The highest BCUT2D eigenvalue weighted by atomic mass is 35.5. The maximum absolute atomic E-state index is 13.5. The smallest absolute Gasteiger partial charge is 0.291 e. The van der Waals surface area contributed by atoms with Gasteiger partial charge < -0.3 is 15.5 Å². The molecule has 3 N–H and O–H groups in total. The summed E-state index contributed by atoms with van der Waals surface area (Å²) in [5.74, 6) is -2.13. The van der Waals surface area contributed by atoms with Crippen LogP contribution in [0, 0.1) is 11.6 Å². The minimum atomic E-state index is -0.969. The number of hydrogen-bond donors (Lipinski definition) is 2. The number of carbonyl (C=O) groups excluding carboxylic acids is 1. The van der Waals surface area contributed by atoms with Crippen molar-refractivity contribution in [3.63, 3.8) is 0 Å². The molecule has 0 saturated carbocycles. The molecule has 1 heterocycles. The molecule has 0 atom stereocenters. The number of nitrogens with two attached hydrogens (primary N) is 1. The molecule has 0 aliphatic carbocycles. The minimum absolute atomic E-state index is 0.0414. The highest BCUT2D eigenvalue weighted by molar-refractivity contribution is 6.33. The number of rotatable bonds is 3. The van der Waals surface area contributed by atoms with Crippen LogP contribution in [0.4, 0.5) is 14.5 Å². The van der Waals surface area contributed by atoms with Gasteiger partial charge in [0.2, 0.25) is 0 Å². The average Bonchev–Trinajstić information content (AvgIpc) is 2.82. The molecule has 19 heavy (non-hydrogen) atoms. The number of hydrogen-bond acceptors (Lipinski definition) is 3. The van der Waals surface area contributed by atoms with Crippen LogP contribution in [0.25, 0.3) is 0 Å². The minimum Gasteiger partial charge on any atom is -0.455 e. The lowest BCUT2D eigenvalue weighted by Crippen LogP contribution is -2.13. The lowest BCUT2D eigenvalue weighted by atomic mass is 10.3. The standard InChI is InChI=1S/C12H9ClF2N2O2/c13-8-3-6(14)4-9(15)11(8)17-12(18)10-2-1-7(5-16)19-10/h1-4H,5,16H2,(H,17,18). The van der Waals surface area contributed by atoms with E-state index >= 15 is 0 Å². The van der Waals surface area contributed by atoms with Crippen LogP contribution in [0.2, 0.25) is 5.02 Å². The van der Waals surface area contributed by atoms with E-state index in [0.29, 0.717) is 11.8 Å². The molecule has 7 heteroatoms. The molecule has 1 aromatic carbocycles. The lowest BCUT2D eigenvalue weighted by molar-refractivity contribution is 0.0994. The first-order valence-corrected chi connectivity index (χ1v) is 5.63. The van der Waals surface area contributed by atoms with Crippen LogP contribution in [0.5, 0.6) is 0 Å². The van der Waals surface area contributed by atoms with Gasteiger partial charge in [0.15, 0.2) is 11.6 Å². The van der Waals surface area contributed by atoms with Crippen molar-refractivity contribution in [2.75, 3.05) is 5.32 Å². The van der Waals surface area contributed by atoms with E-state index in [1.807, 2.05) is 0 Å². The van der Waals surface area contributed by atoms with Crippen LogP contribution in [0.3, 0.4) is 0 Å². The van der Waals surface area contributed by atoms with E-state index in [2.05, 4.69) is 5.32 Å². The third-order valence-corrected chi connectivity index (χ3v) is 2.63. The molecule has 2 rings (SSSR count). The predicted octanol–water partition coefficient (Wildman–Crippen LogP) is 2.92. The second kappa shape index (κ2) is 5.38. The van der Waals surface area contributed by atoms with Gasteiger partial charge in [-0.2, -0.15) is 0 Å². The molecule has 1 amide bonds. The molecule has 0 fully saturated rings. The molecule has 0 radical (unpaired) electrons. The van der Waals surface area contributed by atoms with E-state index in [4.69, 9.17) is 21.8 Å². The maximum atomic E-state index is 13.5. The summed E-state index contributed by atoms with van der Waals surface area (Å²) in [5.41, 5.74) is 5.03. The molecule has 0 bridgehead atoms. The predicted molar refractivity (Wildman–Crippen MR) is 65.9 cm³/mol. The summed E-state index contributed by atoms with van der Waals surface area (Å²) in [6, 6.07) is 4.44. The van der Waals surface area contributed by atoms with Gasteiger partial charge >= 0.3 is 0 Å². The van der Waals surface area contributed by atoms with Crippen molar-refractivity contribution in [2.45, 2.75) is 6.54 Å². The molecule has 2 aromatic rings. The first-order valence-electron chi connectivity index (χ1n) is 5.26. The maximum Gasteiger partial charge on any atom is 0.291 e. The van der Waals surface area contributed by atoms with Gasteiger partial charge in [0.05, 0.1) is 17.3 Å². The molecule has 100 valence electrons. The molecule has 0 saturated heterocycles. The molecule has 0 spiro atoms. The van der Waals surface area contributed by atoms with Gasteiger partial charge in [-0.3, -0.25) is 4.79 Å². The van der Waals surface area contributed by atoms with Crippen LogP contribution in [-0.4, -0.2) is 5.91 Å². The molecular formula is C12H9ClF2N2O2. The van der Waals surface area contributed by atoms with Crippen molar-refractivity contribution in [2.24, 2.45) is 5.73 Å². The van der Waals surface area contributed by atoms with E-state index in [1.165, 1.54) is 12.1 Å². The Kier molecular flexibility index (Phi) is 3.82. The Hall–Kier alpha value is -1.92. The summed E-state index contributed by atoms with van der Waals surface area (Å²) < 4.78 is 31.4. The van der Waals surface area contributed by atoms with Crippen molar-refractivity contribution >= 4 is 23.2 Å². The first-order chi connectivity index (χ1) is 9.01. The normalized spacial score (nSPS) is 10.5. The van der Waals surface area contributed by atoms with Crippen molar-refractivity contribution in [1.82, 2.24) is 0 Å². The largest absolute Gasteiger partial charge is 0.455 e. The Bertz CT molecular complexity index is 605. The van der Waals surface area contributed by atoms with Crippen LogP contribution in [0.1, 0.15) is 16.3 Å². The summed E-state index contributed by atoms with van der Waals surface area (Å²) >= 11 is 5.65. The SMILES string of the molecule is NCc1ccc(C(=O)Nc2c(F)cc(F)cc2Cl)o1. The third-order valence-electron chi connectivity index (χ3n) is 2.33. The molecule has 0 unspecified atom stereocenters. The van der Waals surface area contributed by atoms with Gasteiger partial charge in [0, 0.05) is 6.07 Å². The van der Waals surface area contributed by atoms with Crippen LogP contribution in [0.15, 0.2) is 28.7 Å². The Labute approximate surface area is 112 Å². The van der Waals surface area contributed by atoms with Crippen molar-refractivity contribution < 1.29 is 18.0 Å². The van der Waals surface area contributed by atoms with E-state index in [0.717, 1.165) is 6.07 Å². The summed E-state index contributed by atoms with van der Waals surface area (Å²) in [7, 11) is 0. The summed E-state index contributed by atoms with van der Waals surface area (Å²) in [5, 5.41) is 1.97. The van der Waals surface area contributed by atoms with Crippen molar-refractivity contribution in [3.05, 3.63) is 52.4 Å². The van der Waals surface area contributed by atoms with Gasteiger partial charge in [-0.05, 0) is 18.2 Å². The number of furan rings is 1. The highest BCUT2D eigenvalue weighted by Crippen LogP contribution is 2.27. The summed E-state index contributed by atoms with van der Waals surface area (Å²) in [6.45, 7) is 0.138. The number of nitrogens with one attached hydrogen (secondary N) is 1. The third kappa shape index (κ3) is 2.91. The zero-order chi connectivity index (χ0) is 14.0. The van der Waals surface area contributed by atoms with Crippen LogP contribution >= 0.6 is 11.6 Å². The lowest BCUT2D eigenvalue weighted by Gasteiger charge is -2.07. The number of carbonyl (C=O) groups is 1. The Morgan fingerprint density at radius 2 is 2.11 bits per heavy atom. The van der Waals surface area contributed by atoms with E-state index in [9.17, 15) is 13.6 Å². The molecule has 1 aromatic heterocycles. The molecule has 0 aliphatic rings. The van der Waals surface area contributed by atoms with Gasteiger partial charge in [-0.25, -0.2) is 8.78 Å². The van der Waals surface area contributed by atoms with Crippen LogP contribution < -0.4 is 11.1 Å².